The van der Waals surface area contributed by atoms with Gasteiger partial charge in [0.1, 0.15) is 5.78 Å². The highest BCUT2D eigenvalue weighted by Crippen LogP contribution is 2.39. The van der Waals surface area contributed by atoms with E-state index in [1.165, 1.54) is 12.8 Å². The second-order valence-corrected chi connectivity index (χ2v) is 6.35. The van der Waals surface area contributed by atoms with Crippen LogP contribution in [-0.4, -0.2) is 15.6 Å². The minimum atomic E-state index is -0.101. The molecule has 1 fully saturated rings. The third-order valence-corrected chi connectivity index (χ3v) is 5.13. The summed E-state index contributed by atoms with van der Waals surface area (Å²) < 4.78 is 2.86. The lowest BCUT2D eigenvalue weighted by molar-refractivity contribution is -0.127. The number of hydrogen-bond donors (Lipinski definition) is 0. The van der Waals surface area contributed by atoms with Gasteiger partial charge in [-0.15, -0.1) is 0 Å². The average Bonchev–Trinajstić information content (AvgIpc) is 2.89. The minimum absolute atomic E-state index is 0.101. The Hall–Kier alpha value is -0.640. The molecular formula is C14H21BrN2O. The molecular weight excluding hydrogens is 292 g/mol. The third-order valence-electron chi connectivity index (χ3n) is 4.21. The molecule has 0 radical (unpaired) electrons. The van der Waals surface area contributed by atoms with Gasteiger partial charge in [0.25, 0.3) is 0 Å². The van der Waals surface area contributed by atoms with Crippen molar-refractivity contribution in [1.29, 1.82) is 0 Å². The minimum Gasteiger partial charge on any atom is -0.299 e. The van der Waals surface area contributed by atoms with E-state index in [0.717, 1.165) is 35.1 Å². The zero-order valence-corrected chi connectivity index (χ0v) is 13.0. The Kier molecular flexibility index (Phi) is 3.95. The van der Waals surface area contributed by atoms with Gasteiger partial charge in [-0.3, -0.25) is 9.48 Å². The van der Waals surface area contributed by atoms with E-state index in [4.69, 9.17) is 0 Å². The number of aromatic nitrogens is 2. The number of nitrogens with zero attached hydrogens (tertiary/aromatic N) is 2. The Balaban J connectivity index is 2.19. The van der Waals surface area contributed by atoms with Gasteiger partial charge in [-0.2, -0.15) is 5.10 Å². The van der Waals surface area contributed by atoms with Gasteiger partial charge in [-0.1, -0.05) is 26.7 Å². The Labute approximate surface area is 117 Å². The fourth-order valence-corrected chi connectivity index (χ4v) is 3.57. The van der Waals surface area contributed by atoms with Crippen molar-refractivity contribution in [2.45, 2.75) is 52.4 Å². The molecule has 0 aliphatic heterocycles. The molecule has 0 unspecified atom stereocenters. The summed E-state index contributed by atoms with van der Waals surface area (Å²) in [6.07, 6.45) is 5.86. The second kappa shape index (κ2) is 5.16. The molecule has 1 heterocycles. The van der Waals surface area contributed by atoms with Crippen LogP contribution in [0.1, 0.15) is 50.9 Å². The highest BCUT2D eigenvalue weighted by atomic mass is 79.9. The van der Waals surface area contributed by atoms with Crippen LogP contribution in [0.4, 0.5) is 0 Å². The molecule has 4 heteroatoms. The van der Waals surface area contributed by atoms with Gasteiger partial charge in [-0.25, -0.2) is 0 Å². The summed E-state index contributed by atoms with van der Waals surface area (Å²) in [5.41, 5.74) is 1.96. The molecule has 0 aromatic carbocycles. The maximum Gasteiger partial charge on any atom is 0.144 e. The molecule has 18 heavy (non-hydrogen) atoms. The molecule has 0 bridgehead atoms. The van der Waals surface area contributed by atoms with Gasteiger partial charge in [-0.05, 0) is 35.2 Å². The Morgan fingerprint density at radius 2 is 2.06 bits per heavy atom. The number of carbonyl (C=O) groups is 1. The van der Waals surface area contributed by atoms with Crippen LogP contribution in [-0.2, 0) is 24.7 Å². The number of ketones is 1. The summed E-state index contributed by atoms with van der Waals surface area (Å²) >= 11 is 3.58. The van der Waals surface area contributed by atoms with Gasteiger partial charge in [0.05, 0.1) is 22.3 Å². The number of rotatable bonds is 4. The highest BCUT2D eigenvalue weighted by molar-refractivity contribution is 9.10. The van der Waals surface area contributed by atoms with Crippen molar-refractivity contribution < 1.29 is 4.79 Å². The normalized spacial score (nSPS) is 18.2. The first kappa shape index (κ1) is 13.8. The van der Waals surface area contributed by atoms with E-state index < -0.39 is 0 Å². The van der Waals surface area contributed by atoms with Crippen molar-refractivity contribution in [3.05, 3.63) is 15.9 Å². The van der Waals surface area contributed by atoms with Gasteiger partial charge in [0, 0.05) is 12.5 Å². The molecule has 1 aliphatic carbocycles. The van der Waals surface area contributed by atoms with Crippen LogP contribution in [0, 0.1) is 5.41 Å². The van der Waals surface area contributed by atoms with Crippen molar-refractivity contribution in [1.82, 2.24) is 9.78 Å². The summed E-state index contributed by atoms with van der Waals surface area (Å²) in [4.78, 5) is 12.5. The van der Waals surface area contributed by atoms with Crippen molar-refractivity contribution in [2.24, 2.45) is 12.5 Å². The lowest BCUT2D eigenvalue weighted by atomic mass is 9.82. The zero-order valence-electron chi connectivity index (χ0n) is 11.4. The van der Waals surface area contributed by atoms with Gasteiger partial charge >= 0.3 is 0 Å². The van der Waals surface area contributed by atoms with Gasteiger partial charge < -0.3 is 0 Å². The Morgan fingerprint density at radius 3 is 2.56 bits per heavy atom. The van der Waals surface area contributed by atoms with Crippen LogP contribution in [0.3, 0.4) is 0 Å². The second-order valence-electron chi connectivity index (χ2n) is 5.55. The fraction of sp³-hybridized carbons (Fsp3) is 0.714. The third kappa shape index (κ3) is 2.40. The van der Waals surface area contributed by atoms with Crippen LogP contribution in [0.15, 0.2) is 4.47 Å². The number of aryl methyl sites for hydroxylation is 2. The molecule has 1 saturated carbocycles. The van der Waals surface area contributed by atoms with E-state index in [1.807, 2.05) is 11.7 Å². The predicted molar refractivity (Wildman–Crippen MR) is 75.6 cm³/mol. The van der Waals surface area contributed by atoms with Crippen molar-refractivity contribution in [2.75, 3.05) is 0 Å². The van der Waals surface area contributed by atoms with Crippen LogP contribution in [0.2, 0.25) is 0 Å². The summed E-state index contributed by atoms with van der Waals surface area (Å²) in [6.45, 7) is 4.20. The van der Waals surface area contributed by atoms with E-state index in [2.05, 4.69) is 34.9 Å². The molecule has 0 atom stereocenters. The van der Waals surface area contributed by atoms with E-state index in [1.54, 1.807) is 0 Å². The quantitative estimate of drug-likeness (QED) is 0.853. The molecule has 0 amide bonds. The monoisotopic (exact) mass is 312 g/mol. The van der Waals surface area contributed by atoms with E-state index in [9.17, 15) is 4.79 Å². The number of carbonyl (C=O) groups excluding carboxylic acids is 1. The molecule has 1 aliphatic rings. The lowest BCUT2D eigenvalue weighted by Crippen LogP contribution is -2.26. The molecule has 0 saturated heterocycles. The predicted octanol–water partition coefficient (Wildman–Crippen LogP) is 3.44. The van der Waals surface area contributed by atoms with Crippen molar-refractivity contribution in [3.8, 4) is 0 Å². The van der Waals surface area contributed by atoms with E-state index in [-0.39, 0.29) is 5.41 Å². The zero-order chi connectivity index (χ0) is 13.3. The Bertz CT molecular complexity index is 459. The number of hydrogen-bond acceptors (Lipinski definition) is 2. The summed E-state index contributed by atoms with van der Waals surface area (Å²) in [7, 11) is 1.92. The first-order valence-electron chi connectivity index (χ1n) is 6.71. The van der Waals surface area contributed by atoms with Gasteiger partial charge in [0.2, 0.25) is 0 Å². The molecule has 0 spiro atoms. The standard InChI is InChI=1S/C14H21BrN2O/c1-4-10-13(15)11(17(3)16-10)9-12(18)14(2)7-5-6-8-14/h4-9H2,1-3H3. The number of halogens is 1. The molecule has 2 rings (SSSR count). The summed E-state index contributed by atoms with van der Waals surface area (Å²) in [5, 5.41) is 4.45. The van der Waals surface area contributed by atoms with Crippen LogP contribution in [0.25, 0.3) is 0 Å². The van der Waals surface area contributed by atoms with E-state index >= 15 is 0 Å². The van der Waals surface area contributed by atoms with Crippen LogP contribution < -0.4 is 0 Å². The smallest absolute Gasteiger partial charge is 0.144 e. The lowest BCUT2D eigenvalue weighted by Gasteiger charge is -2.21. The first-order chi connectivity index (χ1) is 8.48. The van der Waals surface area contributed by atoms with Crippen molar-refractivity contribution >= 4 is 21.7 Å². The van der Waals surface area contributed by atoms with Gasteiger partial charge in [0.15, 0.2) is 0 Å². The van der Waals surface area contributed by atoms with Crippen LogP contribution in [0.5, 0.6) is 0 Å². The fourth-order valence-electron chi connectivity index (χ4n) is 2.81. The summed E-state index contributed by atoms with van der Waals surface area (Å²) in [6, 6.07) is 0. The Morgan fingerprint density at radius 1 is 1.44 bits per heavy atom. The summed E-state index contributed by atoms with van der Waals surface area (Å²) in [5.74, 6) is 0.367. The number of Topliss-reactive ketones (excluding diaryl/α,β-unsaturated/α-hetero) is 1. The van der Waals surface area contributed by atoms with E-state index in [0.29, 0.717) is 12.2 Å². The maximum atomic E-state index is 12.5. The largest absolute Gasteiger partial charge is 0.299 e. The molecule has 3 nitrogen and oxygen atoms in total. The van der Waals surface area contributed by atoms with Crippen LogP contribution >= 0.6 is 15.9 Å². The first-order valence-corrected chi connectivity index (χ1v) is 7.51. The molecule has 100 valence electrons. The topological polar surface area (TPSA) is 34.9 Å². The van der Waals surface area contributed by atoms with Crippen molar-refractivity contribution in [3.63, 3.8) is 0 Å². The molecule has 1 aromatic heterocycles. The average molecular weight is 313 g/mol. The highest BCUT2D eigenvalue weighted by Gasteiger charge is 2.36. The maximum absolute atomic E-state index is 12.5. The molecule has 0 N–H and O–H groups in total. The SMILES string of the molecule is CCc1nn(C)c(CC(=O)C2(C)CCCC2)c1Br. The molecule has 1 aromatic rings.